The zero-order valence-electron chi connectivity index (χ0n) is 13.3. The summed E-state index contributed by atoms with van der Waals surface area (Å²) in [7, 11) is 0. The van der Waals surface area contributed by atoms with Gasteiger partial charge in [-0.15, -0.1) is 0 Å². The van der Waals surface area contributed by atoms with Crippen molar-refractivity contribution in [3.05, 3.63) is 64.1 Å². The molecule has 6 heteroatoms. The van der Waals surface area contributed by atoms with E-state index in [1.54, 1.807) is 48.5 Å². The normalized spacial score (nSPS) is 10.1. The lowest BCUT2D eigenvalue weighted by Gasteiger charge is -2.09. The number of hydrogen-bond acceptors (Lipinski definition) is 3. The maximum absolute atomic E-state index is 12.0. The van der Waals surface area contributed by atoms with Crippen LogP contribution in [0.5, 0.6) is 5.75 Å². The first-order chi connectivity index (χ1) is 11.6. The van der Waals surface area contributed by atoms with Crippen LogP contribution < -0.4 is 15.6 Å². The topological polar surface area (TPSA) is 67.4 Å². The van der Waals surface area contributed by atoms with Crippen molar-refractivity contribution in [3.8, 4) is 5.75 Å². The van der Waals surface area contributed by atoms with Gasteiger partial charge in [-0.3, -0.25) is 20.4 Å². The van der Waals surface area contributed by atoms with E-state index in [1.165, 1.54) is 0 Å². The van der Waals surface area contributed by atoms with Crippen molar-refractivity contribution in [2.45, 2.75) is 19.8 Å². The van der Waals surface area contributed by atoms with Gasteiger partial charge in [0.15, 0.2) is 0 Å². The van der Waals surface area contributed by atoms with E-state index in [4.69, 9.17) is 4.74 Å². The van der Waals surface area contributed by atoms with E-state index >= 15 is 0 Å². The standard InChI is InChI=1S/C18H19BrN2O3/c1-2-3-12-24-16-10-6-14(7-11-16)18(23)21-20-17(22)13-4-8-15(19)9-5-13/h4-11H,2-3,12H2,1H3,(H,20,22)(H,21,23). The molecular formula is C18H19BrN2O3. The largest absolute Gasteiger partial charge is 0.494 e. The molecule has 2 aromatic carbocycles. The van der Waals surface area contributed by atoms with Gasteiger partial charge in [0, 0.05) is 15.6 Å². The van der Waals surface area contributed by atoms with Crippen molar-refractivity contribution in [1.29, 1.82) is 0 Å². The lowest BCUT2D eigenvalue weighted by atomic mass is 10.2. The molecule has 0 spiro atoms. The van der Waals surface area contributed by atoms with Crippen LogP contribution in [-0.2, 0) is 0 Å². The van der Waals surface area contributed by atoms with Gasteiger partial charge in [0.05, 0.1) is 6.61 Å². The Labute approximate surface area is 149 Å². The molecule has 5 nitrogen and oxygen atoms in total. The Morgan fingerprint density at radius 1 is 0.917 bits per heavy atom. The number of unbranched alkanes of at least 4 members (excludes halogenated alkanes) is 1. The average molecular weight is 391 g/mol. The molecule has 0 heterocycles. The molecule has 0 aliphatic rings. The van der Waals surface area contributed by atoms with Crippen LogP contribution >= 0.6 is 15.9 Å². The molecule has 0 fully saturated rings. The Kier molecular flexibility index (Phi) is 6.81. The number of hydrogen-bond donors (Lipinski definition) is 2. The Hall–Kier alpha value is -2.34. The molecule has 126 valence electrons. The fraction of sp³-hybridized carbons (Fsp3) is 0.222. The summed E-state index contributed by atoms with van der Waals surface area (Å²) in [6, 6.07) is 13.6. The minimum Gasteiger partial charge on any atom is -0.494 e. The molecule has 0 saturated heterocycles. The number of hydrazine groups is 1. The first-order valence-corrected chi connectivity index (χ1v) is 8.48. The van der Waals surface area contributed by atoms with Crippen LogP contribution in [0.4, 0.5) is 0 Å². The maximum atomic E-state index is 12.0. The predicted octanol–water partition coefficient (Wildman–Crippen LogP) is 3.70. The number of carbonyl (C=O) groups is 2. The van der Waals surface area contributed by atoms with Gasteiger partial charge in [0.2, 0.25) is 0 Å². The molecular weight excluding hydrogens is 372 g/mol. The van der Waals surface area contributed by atoms with E-state index < -0.39 is 0 Å². The minimum absolute atomic E-state index is 0.379. The van der Waals surface area contributed by atoms with Crippen LogP contribution in [0.15, 0.2) is 53.0 Å². The van der Waals surface area contributed by atoms with E-state index in [-0.39, 0.29) is 11.8 Å². The second-order valence-electron chi connectivity index (χ2n) is 5.14. The predicted molar refractivity (Wildman–Crippen MR) is 95.9 cm³/mol. The Morgan fingerprint density at radius 2 is 1.42 bits per heavy atom. The molecule has 0 aromatic heterocycles. The van der Waals surface area contributed by atoms with Crippen LogP contribution in [0.2, 0.25) is 0 Å². The molecule has 0 bridgehead atoms. The summed E-state index contributed by atoms with van der Waals surface area (Å²) in [4.78, 5) is 24.0. The van der Waals surface area contributed by atoms with Crippen molar-refractivity contribution in [3.63, 3.8) is 0 Å². The molecule has 2 rings (SSSR count). The van der Waals surface area contributed by atoms with Gasteiger partial charge in [0.25, 0.3) is 11.8 Å². The second-order valence-corrected chi connectivity index (χ2v) is 6.06. The molecule has 0 atom stereocenters. The highest BCUT2D eigenvalue weighted by atomic mass is 79.9. The minimum atomic E-state index is -0.388. The van der Waals surface area contributed by atoms with Gasteiger partial charge in [-0.25, -0.2) is 0 Å². The monoisotopic (exact) mass is 390 g/mol. The molecule has 2 aromatic rings. The summed E-state index contributed by atoms with van der Waals surface area (Å²) in [6.45, 7) is 2.75. The van der Waals surface area contributed by atoms with E-state index in [0.717, 1.165) is 23.1 Å². The molecule has 2 N–H and O–H groups in total. The fourth-order valence-corrected chi connectivity index (χ4v) is 2.16. The number of rotatable bonds is 6. The van der Waals surface area contributed by atoms with Gasteiger partial charge in [-0.2, -0.15) is 0 Å². The number of carbonyl (C=O) groups excluding carboxylic acids is 2. The lowest BCUT2D eigenvalue weighted by molar-refractivity contribution is 0.0846. The molecule has 0 aliphatic heterocycles. The van der Waals surface area contributed by atoms with Gasteiger partial charge < -0.3 is 4.74 Å². The van der Waals surface area contributed by atoms with Crippen LogP contribution in [-0.4, -0.2) is 18.4 Å². The first kappa shape index (κ1) is 18.0. The Morgan fingerprint density at radius 3 is 1.92 bits per heavy atom. The lowest BCUT2D eigenvalue weighted by Crippen LogP contribution is -2.41. The van der Waals surface area contributed by atoms with Gasteiger partial charge in [-0.1, -0.05) is 29.3 Å². The van der Waals surface area contributed by atoms with Crippen molar-refractivity contribution < 1.29 is 14.3 Å². The number of halogens is 1. The van der Waals surface area contributed by atoms with E-state index in [2.05, 4.69) is 33.7 Å². The van der Waals surface area contributed by atoms with Crippen molar-refractivity contribution >= 4 is 27.7 Å². The zero-order chi connectivity index (χ0) is 17.4. The quantitative estimate of drug-likeness (QED) is 0.583. The molecule has 2 amide bonds. The van der Waals surface area contributed by atoms with Crippen LogP contribution in [0.1, 0.15) is 40.5 Å². The zero-order valence-corrected chi connectivity index (χ0v) is 14.9. The third-order valence-corrected chi connectivity index (χ3v) is 3.81. The van der Waals surface area contributed by atoms with Gasteiger partial charge in [0.1, 0.15) is 5.75 Å². The summed E-state index contributed by atoms with van der Waals surface area (Å²) in [5.41, 5.74) is 5.68. The fourth-order valence-electron chi connectivity index (χ4n) is 1.90. The van der Waals surface area contributed by atoms with Crippen LogP contribution in [0.3, 0.4) is 0 Å². The van der Waals surface area contributed by atoms with Crippen molar-refractivity contribution in [1.82, 2.24) is 10.9 Å². The number of amides is 2. The van der Waals surface area contributed by atoms with Gasteiger partial charge >= 0.3 is 0 Å². The third-order valence-electron chi connectivity index (χ3n) is 3.28. The van der Waals surface area contributed by atoms with Crippen LogP contribution in [0.25, 0.3) is 0 Å². The highest BCUT2D eigenvalue weighted by Crippen LogP contribution is 2.13. The first-order valence-electron chi connectivity index (χ1n) is 7.69. The molecule has 0 unspecified atom stereocenters. The molecule has 0 saturated carbocycles. The van der Waals surface area contributed by atoms with E-state index in [1.807, 2.05) is 0 Å². The summed E-state index contributed by atoms with van der Waals surface area (Å²) in [5, 5.41) is 0. The smallest absolute Gasteiger partial charge is 0.269 e. The number of nitrogens with one attached hydrogen (secondary N) is 2. The highest BCUT2D eigenvalue weighted by Gasteiger charge is 2.09. The summed E-state index contributed by atoms with van der Waals surface area (Å²) in [6.07, 6.45) is 2.06. The van der Waals surface area contributed by atoms with Crippen molar-refractivity contribution in [2.24, 2.45) is 0 Å². The maximum Gasteiger partial charge on any atom is 0.269 e. The van der Waals surface area contributed by atoms with E-state index in [0.29, 0.717) is 17.7 Å². The van der Waals surface area contributed by atoms with Crippen molar-refractivity contribution in [2.75, 3.05) is 6.61 Å². The number of ether oxygens (including phenoxy) is 1. The molecule has 24 heavy (non-hydrogen) atoms. The van der Waals surface area contributed by atoms with Crippen LogP contribution in [0, 0.1) is 0 Å². The summed E-state index contributed by atoms with van der Waals surface area (Å²) >= 11 is 3.30. The van der Waals surface area contributed by atoms with E-state index in [9.17, 15) is 9.59 Å². The second kappa shape index (κ2) is 9.08. The van der Waals surface area contributed by atoms with Gasteiger partial charge in [-0.05, 0) is 55.0 Å². The Balaban J connectivity index is 1.85. The summed E-state index contributed by atoms with van der Waals surface area (Å²) in [5.74, 6) is -0.0464. The third kappa shape index (κ3) is 5.38. The number of benzene rings is 2. The molecule has 0 aliphatic carbocycles. The molecule has 0 radical (unpaired) electrons. The highest BCUT2D eigenvalue weighted by molar-refractivity contribution is 9.10. The average Bonchev–Trinajstić information content (AvgIpc) is 2.61. The Bertz CT molecular complexity index is 684. The summed E-state index contributed by atoms with van der Waals surface area (Å²) < 4.78 is 6.42. The SMILES string of the molecule is CCCCOc1ccc(C(=O)NNC(=O)c2ccc(Br)cc2)cc1.